The van der Waals surface area contributed by atoms with Gasteiger partial charge in [0.1, 0.15) is 17.3 Å². The van der Waals surface area contributed by atoms with Gasteiger partial charge < -0.3 is 5.11 Å². The van der Waals surface area contributed by atoms with Crippen molar-refractivity contribution in [2.75, 3.05) is 0 Å². The van der Waals surface area contributed by atoms with Crippen LogP contribution < -0.4 is 0 Å². The molecule has 3 nitrogen and oxygen atoms in total. The first-order valence-corrected chi connectivity index (χ1v) is 6.76. The van der Waals surface area contributed by atoms with Crippen molar-refractivity contribution in [3.8, 4) is 5.75 Å². The zero-order chi connectivity index (χ0) is 14.2. The minimum absolute atomic E-state index is 0.0787. The van der Waals surface area contributed by atoms with Crippen molar-refractivity contribution in [3.63, 3.8) is 0 Å². The minimum atomic E-state index is -0.548. The molecule has 0 unspecified atom stereocenters. The van der Waals surface area contributed by atoms with Crippen LogP contribution in [0, 0.1) is 12.8 Å². The molecule has 1 aliphatic rings. The van der Waals surface area contributed by atoms with Gasteiger partial charge in [-0.15, -0.1) is 0 Å². The summed E-state index contributed by atoms with van der Waals surface area (Å²) < 4.78 is 0. The van der Waals surface area contributed by atoms with Crippen molar-refractivity contribution in [2.24, 2.45) is 5.92 Å². The predicted octanol–water partition coefficient (Wildman–Crippen LogP) is 2.53. The highest BCUT2D eigenvalue weighted by Gasteiger charge is 2.25. The van der Waals surface area contributed by atoms with E-state index in [0.29, 0.717) is 12.2 Å². The van der Waals surface area contributed by atoms with E-state index >= 15 is 0 Å². The summed E-state index contributed by atoms with van der Waals surface area (Å²) in [6.45, 7) is 4.81. The van der Waals surface area contributed by atoms with E-state index < -0.39 is 5.92 Å². The molecule has 0 saturated heterocycles. The lowest BCUT2D eigenvalue weighted by atomic mass is 9.88. The summed E-state index contributed by atoms with van der Waals surface area (Å²) >= 11 is 0. The molecule has 0 aromatic heterocycles. The van der Waals surface area contributed by atoms with E-state index in [-0.39, 0.29) is 11.6 Å². The lowest BCUT2D eigenvalue weighted by Gasteiger charge is -2.16. The molecule has 19 heavy (non-hydrogen) atoms. The van der Waals surface area contributed by atoms with E-state index in [1.54, 1.807) is 0 Å². The average molecular weight is 260 g/mol. The number of benzene rings is 1. The largest absolute Gasteiger partial charge is 0.507 e. The van der Waals surface area contributed by atoms with Gasteiger partial charge in [-0.1, -0.05) is 6.07 Å². The summed E-state index contributed by atoms with van der Waals surface area (Å²) in [5, 5.41) is 10.1. The number of hydrogen-bond donors (Lipinski definition) is 1. The van der Waals surface area contributed by atoms with Gasteiger partial charge in [0.2, 0.25) is 0 Å². The number of carbonyl (C=O) groups is 2. The van der Waals surface area contributed by atoms with Crippen LogP contribution in [0.5, 0.6) is 5.75 Å². The maximum Gasteiger partial charge on any atom is 0.140 e. The number of aromatic hydroxyl groups is 1. The molecule has 1 N–H and O–H groups in total. The Bertz CT molecular complexity index is 529. The normalized spacial score (nSPS) is 13.7. The van der Waals surface area contributed by atoms with Gasteiger partial charge in [0, 0.05) is 0 Å². The van der Waals surface area contributed by atoms with Crippen molar-refractivity contribution in [3.05, 3.63) is 28.3 Å². The Morgan fingerprint density at radius 1 is 1.21 bits per heavy atom. The monoisotopic (exact) mass is 260 g/mol. The van der Waals surface area contributed by atoms with Gasteiger partial charge in [-0.25, -0.2) is 0 Å². The topological polar surface area (TPSA) is 54.4 Å². The molecule has 0 spiro atoms. The molecule has 0 bridgehead atoms. The molecule has 3 heteroatoms. The molecule has 2 rings (SSSR count). The van der Waals surface area contributed by atoms with Gasteiger partial charge in [-0.05, 0) is 68.7 Å². The van der Waals surface area contributed by atoms with E-state index in [1.807, 2.05) is 13.0 Å². The van der Waals surface area contributed by atoms with Crippen LogP contribution in [-0.4, -0.2) is 16.7 Å². The molecule has 0 saturated carbocycles. The molecule has 1 aromatic rings. The van der Waals surface area contributed by atoms with Gasteiger partial charge in [-0.3, -0.25) is 9.59 Å². The van der Waals surface area contributed by atoms with E-state index in [0.717, 1.165) is 41.5 Å². The first-order chi connectivity index (χ1) is 8.91. The van der Waals surface area contributed by atoms with Crippen LogP contribution in [0.3, 0.4) is 0 Å². The quantitative estimate of drug-likeness (QED) is 0.846. The van der Waals surface area contributed by atoms with Crippen LogP contribution in [0.25, 0.3) is 0 Å². The van der Waals surface area contributed by atoms with E-state index in [4.69, 9.17) is 0 Å². The Labute approximate surface area is 113 Å². The molecule has 0 fully saturated rings. The van der Waals surface area contributed by atoms with Crippen LogP contribution in [0.4, 0.5) is 0 Å². The molecule has 1 aromatic carbocycles. The molecular weight excluding hydrogens is 240 g/mol. The number of phenols is 1. The minimum Gasteiger partial charge on any atom is -0.507 e. The van der Waals surface area contributed by atoms with Crippen LogP contribution in [0.1, 0.15) is 42.5 Å². The van der Waals surface area contributed by atoms with Crippen LogP contribution in [0.15, 0.2) is 6.07 Å². The third kappa shape index (κ3) is 2.55. The third-order valence-corrected chi connectivity index (χ3v) is 4.06. The Kier molecular flexibility index (Phi) is 3.74. The number of fused-ring (bicyclic) bond motifs is 1. The second-order valence-corrected chi connectivity index (χ2v) is 5.49. The second-order valence-electron chi connectivity index (χ2n) is 5.49. The highest BCUT2D eigenvalue weighted by atomic mass is 16.3. The fourth-order valence-corrected chi connectivity index (χ4v) is 2.99. The fourth-order valence-electron chi connectivity index (χ4n) is 2.99. The Balaban J connectivity index is 2.41. The van der Waals surface area contributed by atoms with Gasteiger partial charge in [0.15, 0.2) is 0 Å². The van der Waals surface area contributed by atoms with Crippen molar-refractivity contribution in [1.29, 1.82) is 0 Å². The lowest BCUT2D eigenvalue weighted by Crippen LogP contribution is -2.22. The van der Waals surface area contributed by atoms with Crippen molar-refractivity contribution < 1.29 is 14.7 Å². The lowest BCUT2D eigenvalue weighted by molar-refractivity contribution is -0.130. The highest BCUT2D eigenvalue weighted by molar-refractivity contribution is 6.00. The van der Waals surface area contributed by atoms with Crippen LogP contribution in [0.2, 0.25) is 0 Å². The third-order valence-electron chi connectivity index (χ3n) is 4.06. The highest BCUT2D eigenvalue weighted by Crippen LogP contribution is 2.36. The number of hydrogen-bond acceptors (Lipinski definition) is 3. The molecule has 0 amide bonds. The Morgan fingerprint density at radius 2 is 1.79 bits per heavy atom. The standard InChI is InChI=1S/C16H20O3/c1-9-7-12(8-15(10(2)17)11(3)18)13-5-4-6-14(13)16(9)19/h7,15,19H,4-6,8H2,1-3H3. The number of phenolic OH excluding ortho intramolecular Hbond substituents is 1. The summed E-state index contributed by atoms with van der Waals surface area (Å²) in [5.74, 6) is -0.318. The number of ketones is 2. The zero-order valence-corrected chi connectivity index (χ0v) is 11.7. The van der Waals surface area contributed by atoms with Crippen molar-refractivity contribution in [2.45, 2.75) is 46.5 Å². The maximum atomic E-state index is 11.6. The molecule has 0 heterocycles. The molecule has 1 aliphatic carbocycles. The summed E-state index contributed by atoms with van der Waals surface area (Å²) in [6, 6.07) is 1.93. The summed E-state index contributed by atoms with van der Waals surface area (Å²) in [7, 11) is 0. The first-order valence-electron chi connectivity index (χ1n) is 6.76. The molecule has 0 radical (unpaired) electrons. The number of aryl methyl sites for hydroxylation is 1. The predicted molar refractivity (Wildman–Crippen MR) is 73.4 cm³/mol. The molecule has 0 aliphatic heterocycles. The van der Waals surface area contributed by atoms with E-state index in [1.165, 1.54) is 13.8 Å². The summed E-state index contributed by atoms with van der Waals surface area (Å²) in [5.41, 5.74) is 4.05. The van der Waals surface area contributed by atoms with Crippen LogP contribution in [-0.2, 0) is 28.9 Å². The van der Waals surface area contributed by atoms with E-state index in [2.05, 4.69) is 0 Å². The van der Waals surface area contributed by atoms with E-state index in [9.17, 15) is 14.7 Å². The van der Waals surface area contributed by atoms with Gasteiger partial charge in [0.25, 0.3) is 0 Å². The summed E-state index contributed by atoms with van der Waals surface area (Å²) in [6.07, 6.45) is 3.32. The number of carbonyl (C=O) groups excluding carboxylic acids is 2. The Morgan fingerprint density at radius 3 is 2.37 bits per heavy atom. The zero-order valence-electron chi connectivity index (χ0n) is 11.7. The molecule has 0 atom stereocenters. The van der Waals surface area contributed by atoms with Crippen LogP contribution >= 0.6 is 0 Å². The van der Waals surface area contributed by atoms with Crippen molar-refractivity contribution >= 4 is 11.6 Å². The smallest absolute Gasteiger partial charge is 0.140 e. The SMILES string of the molecule is CC(=O)C(Cc1cc(C)c(O)c2c1CCC2)C(C)=O. The summed E-state index contributed by atoms with van der Waals surface area (Å²) in [4.78, 5) is 23.1. The molecule has 102 valence electrons. The number of Topliss-reactive ketones (excluding diaryl/α,β-unsaturated/α-hetero) is 2. The number of rotatable bonds is 4. The molecular formula is C16H20O3. The average Bonchev–Trinajstić information content (AvgIpc) is 2.80. The van der Waals surface area contributed by atoms with Gasteiger partial charge in [-0.2, -0.15) is 0 Å². The second kappa shape index (κ2) is 5.16. The first kappa shape index (κ1) is 13.8. The maximum absolute atomic E-state index is 11.6. The fraction of sp³-hybridized carbons (Fsp3) is 0.500. The van der Waals surface area contributed by atoms with Gasteiger partial charge >= 0.3 is 0 Å². The Hall–Kier alpha value is -1.64. The van der Waals surface area contributed by atoms with Crippen molar-refractivity contribution in [1.82, 2.24) is 0 Å². The van der Waals surface area contributed by atoms with Gasteiger partial charge in [0.05, 0.1) is 5.92 Å².